The Balaban J connectivity index is 2.38. The minimum absolute atomic E-state index is 0.115. The Morgan fingerprint density at radius 1 is 1.27 bits per heavy atom. The first-order chi connectivity index (χ1) is 6.98. The van der Waals surface area contributed by atoms with Gasteiger partial charge in [0.2, 0.25) is 0 Å². The molecule has 0 spiro atoms. The normalized spacial score (nSPS) is 18.1. The molecule has 1 fully saturated rings. The van der Waals surface area contributed by atoms with Crippen LogP contribution >= 0.6 is 0 Å². The molecule has 1 aromatic rings. The van der Waals surface area contributed by atoms with Gasteiger partial charge in [0, 0.05) is 6.26 Å². The number of benzene rings is 1. The van der Waals surface area contributed by atoms with Crippen LogP contribution in [0.2, 0.25) is 0 Å². The Kier molecular flexibility index (Phi) is 2.13. The van der Waals surface area contributed by atoms with E-state index in [0.717, 1.165) is 18.4 Å². The first-order valence-electron chi connectivity index (χ1n) is 4.76. The summed E-state index contributed by atoms with van der Waals surface area (Å²) in [4.78, 5) is 0.346. The maximum Gasteiger partial charge on any atom is 0.175 e. The van der Waals surface area contributed by atoms with Gasteiger partial charge in [-0.1, -0.05) is 18.1 Å². The van der Waals surface area contributed by atoms with Gasteiger partial charge < -0.3 is 0 Å². The van der Waals surface area contributed by atoms with Crippen molar-refractivity contribution < 1.29 is 8.42 Å². The van der Waals surface area contributed by atoms with E-state index in [2.05, 4.69) is 5.92 Å². The molecule has 2 nitrogen and oxygen atoms in total. The van der Waals surface area contributed by atoms with E-state index in [0.29, 0.717) is 4.90 Å². The predicted molar refractivity (Wildman–Crippen MR) is 59.3 cm³/mol. The van der Waals surface area contributed by atoms with Gasteiger partial charge >= 0.3 is 0 Å². The van der Waals surface area contributed by atoms with Crippen molar-refractivity contribution in [3.05, 3.63) is 29.8 Å². The Morgan fingerprint density at radius 2 is 1.80 bits per heavy atom. The van der Waals surface area contributed by atoms with Crippen molar-refractivity contribution in [1.29, 1.82) is 0 Å². The third-order valence-electron chi connectivity index (χ3n) is 2.86. The number of hydrogen-bond acceptors (Lipinski definition) is 2. The second kappa shape index (κ2) is 3.11. The van der Waals surface area contributed by atoms with Crippen molar-refractivity contribution in [2.75, 3.05) is 6.26 Å². The van der Waals surface area contributed by atoms with Crippen molar-refractivity contribution in [3.63, 3.8) is 0 Å². The zero-order valence-corrected chi connectivity index (χ0v) is 9.34. The summed E-state index contributed by atoms with van der Waals surface area (Å²) in [5, 5.41) is 0. The molecule has 0 bridgehead atoms. The molecule has 0 N–H and O–H groups in total. The summed E-state index contributed by atoms with van der Waals surface area (Å²) in [6.45, 7) is 0. The van der Waals surface area contributed by atoms with Gasteiger partial charge in [0.05, 0.1) is 10.3 Å². The molecule has 1 aliphatic rings. The third kappa shape index (κ3) is 1.78. The van der Waals surface area contributed by atoms with Crippen LogP contribution in [0.15, 0.2) is 29.2 Å². The van der Waals surface area contributed by atoms with E-state index in [-0.39, 0.29) is 5.41 Å². The summed E-state index contributed by atoms with van der Waals surface area (Å²) >= 11 is 0. The maximum absolute atomic E-state index is 11.2. The van der Waals surface area contributed by atoms with E-state index in [1.165, 1.54) is 6.26 Å². The quantitative estimate of drug-likeness (QED) is 0.712. The molecular formula is C12H12O2S. The number of rotatable bonds is 2. The first-order valence-corrected chi connectivity index (χ1v) is 6.65. The monoisotopic (exact) mass is 220 g/mol. The van der Waals surface area contributed by atoms with Crippen LogP contribution in [0.3, 0.4) is 0 Å². The fourth-order valence-corrected chi connectivity index (χ4v) is 2.29. The van der Waals surface area contributed by atoms with Gasteiger partial charge in [-0.3, -0.25) is 0 Å². The molecule has 2 rings (SSSR count). The fraction of sp³-hybridized carbons (Fsp3) is 0.333. The van der Waals surface area contributed by atoms with Crippen LogP contribution < -0.4 is 0 Å². The molecule has 0 heterocycles. The van der Waals surface area contributed by atoms with Gasteiger partial charge in [-0.2, -0.15) is 0 Å². The number of terminal acetylenes is 1. The Labute approximate surface area is 90.2 Å². The molecule has 0 aliphatic heterocycles. The minimum Gasteiger partial charge on any atom is -0.224 e. The zero-order chi connectivity index (χ0) is 11.1. The first kappa shape index (κ1) is 10.3. The Hall–Kier alpha value is -1.27. The standard InChI is InChI=1S/C12H12O2S/c1-3-12(8-9-12)10-4-6-11(7-5-10)15(2,13)14/h1,4-7H,8-9H2,2H3. The highest BCUT2D eigenvalue weighted by molar-refractivity contribution is 7.90. The molecule has 0 aromatic heterocycles. The van der Waals surface area contributed by atoms with Gasteiger partial charge in [0.25, 0.3) is 0 Å². The van der Waals surface area contributed by atoms with E-state index in [9.17, 15) is 8.42 Å². The number of hydrogen-bond donors (Lipinski definition) is 0. The van der Waals surface area contributed by atoms with Crippen LogP contribution in [-0.2, 0) is 15.3 Å². The van der Waals surface area contributed by atoms with Crippen molar-refractivity contribution in [3.8, 4) is 12.3 Å². The molecular weight excluding hydrogens is 208 g/mol. The molecule has 0 unspecified atom stereocenters. The van der Waals surface area contributed by atoms with Crippen LogP contribution in [0.25, 0.3) is 0 Å². The highest BCUT2D eigenvalue weighted by Crippen LogP contribution is 2.47. The van der Waals surface area contributed by atoms with Crippen molar-refractivity contribution in [2.45, 2.75) is 23.2 Å². The molecule has 0 amide bonds. The van der Waals surface area contributed by atoms with E-state index in [1.54, 1.807) is 12.1 Å². The summed E-state index contributed by atoms with van der Waals surface area (Å²) in [5.74, 6) is 2.78. The highest BCUT2D eigenvalue weighted by Gasteiger charge is 2.42. The molecule has 3 heteroatoms. The lowest BCUT2D eigenvalue weighted by Crippen LogP contribution is -2.03. The second-order valence-electron chi connectivity index (χ2n) is 4.02. The molecule has 1 aliphatic carbocycles. The van der Waals surface area contributed by atoms with Crippen LogP contribution in [-0.4, -0.2) is 14.7 Å². The van der Waals surface area contributed by atoms with E-state index in [4.69, 9.17) is 6.42 Å². The van der Waals surface area contributed by atoms with Gasteiger partial charge in [0.15, 0.2) is 9.84 Å². The van der Waals surface area contributed by atoms with Crippen molar-refractivity contribution >= 4 is 9.84 Å². The Morgan fingerprint density at radius 3 is 2.13 bits per heavy atom. The smallest absolute Gasteiger partial charge is 0.175 e. The topological polar surface area (TPSA) is 34.1 Å². The summed E-state index contributed by atoms with van der Waals surface area (Å²) in [7, 11) is -3.10. The maximum atomic E-state index is 11.2. The zero-order valence-electron chi connectivity index (χ0n) is 8.53. The van der Waals surface area contributed by atoms with Crippen LogP contribution in [0.5, 0.6) is 0 Å². The van der Waals surface area contributed by atoms with Gasteiger partial charge in [-0.15, -0.1) is 6.42 Å². The largest absolute Gasteiger partial charge is 0.224 e. The van der Waals surface area contributed by atoms with Crippen LogP contribution in [0.1, 0.15) is 18.4 Å². The van der Waals surface area contributed by atoms with Crippen molar-refractivity contribution in [2.24, 2.45) is 0 Å². The van der Waals surface area contributed by atoms with E-state index in [1.807, 2.05) is 12.1 Å². The van der Waals surface area contributed by atoms with E-state index >= 15 is 0 Å². The minimum atomic E-state index is -3.10. The number of sulfone groups is 1. The average molecular weight is 220 g/mol. The van der Waals surface area contributed by atoms with Crippen LogP contribution in [0, 0.1) is 12.3 Å². The molecule has 0 radical (unpaired) electrons. The molecule has 0 saturated heterocycles. The lowest BCUT2D eigenvalue weighted by Gasteiger charge is -2.08. The molecule has 15 heavy (non-hydrogen) atoms. The average Bonchev–Trinajstić information content (AvgIpc) is 2.97. The fourth-order valence-electron chi connectivity index (χ4n) is 1.66. The summed E-state index contributed by atoms with van der Waals surface area (Å²) in [5.41, 5.74) is 0.938. The highest BCUT2D eigenvalue weighted by atomic mass is 32.2. The lowest BCUT2D eigenvalue weighted by atomic mass is 9.97. The predicted octanol–water partition coefficient (Wildman–Crippen LogP) is 1.75. The SMILES string of the molecule is C#CC1(c2ccc(S(C)(=O)=O)cc2)CC1. The Bertz CT molecular complexity index is 514. The summed E-state index contributed by atoms with van der Waals surface area (Å²) < 4.78 is 22.5. The summed E-state index contributed by atoms with van der Waals surface area (Å²) in [6.07, 6.45) is 8.66. The van der Waals surface area contributed by atoms with Gasteiger partial charge in [0.1, 0.15) is 0 Å². The van der Waals surface area contributed by atoms with E-state index < -0.39 is 9.84 Å². The lowest BCUT2D eigenvalue weighted by molar-refractivity contribution is 0.602. The summed E-state index contributed by atoms with van der Waals surface area (Å²) in [6, 6.07) is 6.90. The molecule has 0 atom stereocenters. The second-order valence-corrected chi connectivity index (χ2v) is 6.04. The van der Waals surface area contributed by atoms with Crippen molar-refractivity contribution in [1.82, 2.24) is 0 Å². The van der Waals surface area contributed by atoms with Crippen LogP contribution in [0.4, 0.5) is 0 Å². The molecule has 1 saturated carbocycles. The molecule has 78 valence electrons. The third-order valence-corrected chi connectivity index (χ3v) is 3.99. The van der Waals surface area contributed by atoms with Gasteiger partial charge in [-0.05, 0) is 30.5 Å². The molecule has 1 aromatic carbocycles. The van der Waals surface area contributed by atoms with Gasteiger partial charge in [-0.25, -0.2) is 8.42 Å².